The van der Waals surface area contributed by atoms with Crippen molar-refractivity contribution in [1.82, 2.24) is 9.55 Å². The van der Waals surface area contributed by atoms with Crippen molar-refractivity contribution in [3.63, 3.8) is 0 Å². The largest absolute Gasteiger partial charge is 0.310 e. The lowest BCUT2D eigenvalue weighted by molar-refractivity contribution is -0.116. The fraction of sp³-hybridized carbons (Fsp3) is 0.312. The van der Waals surface area contributed by atoms with E-state index in [1.807, 2.05) is 38.1 Å². The summed E-state index contributed by atoms with van der Waals surface area (Å²) >= 11 is 6.53. The van der Waals surface area contributed by atoms with Crippen molar-refractivity contribution < 1.29 is 4.79 Å². The van der Waals surface area contributed by atoms with Crippen LogP contribution in [0.5, 0.6) is 0 Å². The van der Waals surface area contributed by atoms with Gasteiger partial charge in [-0.1, -0.05) is 12.1 Å². The molecule has 1 aromatic carbocycles. The van der Waals surface area contributed by atoms with Crippen LogP contribution in [0, 0.1) is 3.57 Å². The zero-order chi connectivity index (χ0) is 16.7. The van der Waals surface area contributed by atoms with E-state index in [0.29, 0.717) is 16.5 Å². The minimum atomic E-state index is -0.283. The van der Waals surface area contributed by atoms with Crippen LogP contribution < -0.4 is 10.9 Å². The normalized spacial score (nSPS) is 17.1. The van der Waals surface area contributed by atoms with Gasteiger partial charge in [-0.3, -0.25) is 14.2 Å². The Balaban J connectivity index is 2.23. The fourth-order valence-electron chi connectivity index (χ4n) is 2.86. The van der Waals surface area contributed by atoms with E-state index in [0.717, 1.165) is 9.13 Å². The number of carbonyl (C=O) groups excluding carboxylic acids is 1. The Hall–Kier alpha value is -1.35. The van der Waals surface area contributed by atoms with Gasteiger partial charge in [0.25, 0.3) is 5.56 Å². The van der Waals surface area contributed by atoms with E-state index in [2.05, 4.69) is 45.5 Å². The number of benzene rings is 1. The highest BCUT2D eigenvalue weighted by Crippen LogP contribution is 2.34. The Bertz CT molecular complexity index is 830. The molecule has 1 unspecified atom stereocenters. The molecule has 0 bridgehead atoms. The van der Waals surface area contributed by atoms with Gasteiger partial charge in [-0.15, -0.1) is 12.6 Å². The molecule has 23 heavy (non-hydrogen) atoms. The first-order chi connectivity index (χ1) is 10.9. The maximum Gasteiger partial charge on any atom is 0.260 e. The van der Waals surface area contributed by atoms with E-state index in [1.54, 1.807) is 4.57 Å². The molecule has 3 rings (SSSR count). The summed E-state index contributed by atoms with van der Waals surface area (Å²) in [6.07, 6.45) is 0.245. The molecule has 2 heterocycles. The predicted molar refractivity (Wildman–Crippen MR) is 100 cm³/mol. The van der Waals surface area contributed by atoms with Gasteiger partial charge in [-0.05, 0) is 54.1 Å². The van der Waals surface area contributed by atoms with Gasteiger partial charge >= 0.3 is 0 Å². The molecule has 2 aromatic rings. The number of aromatic nitrogens is 2. The van der Waals surface area contributed by atoms with Crippen molar-refractivity contribution in [2.45, 2.75) is 37.4 Å². The average molecular weight is 441 g/mol. The summed E-state index contributed by atoms with van der Waals surface area (Å²) < 4.78 is 2.66. The molecular formula is C16H16IN3O2S. The molecule has 1 aromatic heterocycles. The van der Waals surface area contributed by atoms with Crippen LogP contribution in [0.1, 0.15) is 43.4 Å². The molecule has 1 N–H and O–H groups in total. The van der Waals surface area contributed by atoms with Gasteiger partial charge < -0.3 is 5.32 Å². The molecule has 0 spiro atoms. The third-order valence-electron chi connectivity index (χ3n) is 3.92. The van der Waals surface area contributed by atoms with Crippen LogP contribution in [0.15, 0.2) is 34.2 Å². The Kier molecular flexibility index (Phi) is 4.50. The van der Waals surface area contributed by atoms with Crippen LogP contribution in [-0.2, 0) is 4.79 Å². The van der Waals surface area contributed by atoms with Crippen molar-refractivity contribution >= 4 is 46.9 Å². The molecule has 0 aliphatic carbocycles. The topological polar surface area (TPSA) is 64.0 Å². The Morgan fingerprint density at radius 2 is 1.96 bits per heavy atom. The summed E-state index contributed by atoms with van der Waals surface area (Å²) in [5.74, 6) is -0.0886. The van der Waals surface area contributed by atoms with Crippen molar-refractivity contribution in [1.29, 1.82) is 0 Å². The molecule has 1 aliphatic heterocycles. The Labute approximate surface area is 153 Å². The molecular weight excluding hydrogens is 425 g/mol. The van der Waals surface area contributed by atoms with Crippen LogP contribution in [0.4, 0.5) is 5.82 Å². The van der Waals surface area contributed by atoms with Gasteiger partial charge in [0.2, 0.25) is 5.91 Å². The summed E-state index contributed by atoms with van der Waals surface area (Å²) in [6.45, 7) is 3.83. The average Bonchev–Trinajstić information content (AvgIpc) is 2.46. The van der Waals surface area contributed by atoms with Gasteiger partial charge in [0, 0.05) is 22.0 Å². The Morgan fingerprint density at radius 1 is 1.30 bits per heavy atom. The predicted octanol–water partition coefficient (Wildman–Crippen LogP) is 3.19. The number of thiol groups is 1. The van der Waals surface area contributed by atoms with E-state index < -0.39 is 0 Å². The zero-order valence-electron chi connectivity index (χ0n) is 12.7. The maximum atomic E-state index is 13.0. The zero-order valence-corrected chi connectivity index (χ0v) is 15.8. The minimum Gasteiger partial charge on any atom is -0.310 e. The van der Waals surface area contributed by atoms with E-state index in [9.17, 15) is 9.59 Å². The SMILES string of the molecule is CC(C)n1c(S)nc2c(c1=O)C(c1ccc(I)cc1)CC(=O)N2. The second-order valence-corrected chi connectivity index (χ2v) is 7.45. The summed E-state index contributed by atoms with van der Waals surface area (Å²) in [6, 6.07) is 7.82. The first-order valence-electron chi connectivity index (χ1n) is 7.29. The second kappa shape index (κ2) is 6.27. The highest BCUT2D eigenvalue weighted by molar-refractivity contribution is 14.1. The number of hydrogen-bond donors (Lipinski definition) is 2. The number of nitrogens with zero attached hydrogens (tertiary/aromatic N) is 2. The van der Waals surface area contributed by atoms with Gasteiger partial charge in [-0.25, -0.2) is 4.98 Å². The first-order valence-corrected chi connectivity index (χ1v) is 8.81. The highest BCUT2D eigenvalue weighted by atomic mass is 127. The lowest BCUT2D eigenvalue weighted by Crippen LogP contribution is -2.35. The Morgan fingerprint density at radius 3 is 2.57 bits per heavy atom. The van der Waals surface area contributed by atoms with Gasteiger partial charge in [-0.2, -0.15) is 0 Å². The summed E-state index contributed by atoms with van der Waals surface area (Å²) in [7, 11) is 0. The first kappa shape index (κ1) is 16.5. The van der Waals surface area contributed by atoms with Gasteiger partial charge in [0.05, 0.1) is 5.56 Å². The molecule has 120 valence electrons. The third kappa shape index (κ3) is 3.03. The standard InChI is InChI=1S/C16H16IN3O2S/c1-8(2)20-15(22)13-11(9-3-5-10(17)6-4-9)7-12(21)18-14(13)19-16(20)23/h3-6,8,11H,7H2,1-2H3,(H,18,21)(H,19,23). The maximum absolute atomic E-state index is 13.0. The number of rotatable bonds is 2. The van der Waals surface area contributed by atoms with Crippen molar-refractivity contribution in [2.75, 3.05) is 5.32 Å². The third-order valence-corrected chi connectivity index (χ3v) is 4.95. The van der Waals surface area contributed by atoms with Crippen LogP contribution in [0.2, 0.25) is 0 Å². The number of halogens is 1. The van der Waals surface area contributed by atoms with Crippen LogP contribution in [0.3, 0.4) is 0 Å². The van der Waals surface area contributed by atoms with Crippen LogP contribution in [0.25, 0.3) is 0 Å². The molecule has 0 fully saturated rings. The van der Waals surface area contributed by atoms with Crippen LogP contribution in [-0.4, -0.2) is 15.5 Å². The number of carbonyl (C=O) groups is 1. The number of amides is 1. The second-order valence-electron chi connectivity index (χ2n) is 5.80. The summed E-state index contributed by atoms with van der Waals surface area (Å²) in [4.78, 5) is 29.3. The van der Waals surface area contributed by atoms with Gasteiger partial charge in [0.15, 0.2) is 5.16 Å². The smallest absolute Gasteiger partial charge is 0.260 e. The molecule has 5 nitrogen and oxygen atoms in total. The van der Waals surface area contributed by atoms with E-state index in [-0.39, 0.29) is 29.8 Å². The molecule has 7 heteroatoms. The lowest BCUT2D eigenvalue weighted by atomic mass is 9.87. The highest BCUT2D eigenvalue weighted by Gasteiger charge is 2.32. The number of anilines is 1. The summed E-state index contributed by atoms with van der Waals surface area (Å²) in [5, 5.41) is 3.02. The monoisotopic (exact) mass is 441 g/mol. The van der Waals surface area contributed by atoms with Crippen LogP contribution >= 0.6 is 35.2 Å². The number of nitrogens with one attached hydrogen (secondary N) is 1. The number of hydrogen-bond acceptors (Lipinski definition) is 4. The van der Waals surface area contributed by atoms with Crippen molar-refractivity contribution in [3.05, 3.63) is 49.3 Å². The van der Waals surface area contributed by atoms with Crippen molar-refractivity contribution in [2.24, 2.45) is 0 Å². The molecule has 1 aliphatic rings. The van der Waals surface area contributed by atoms with E-state index >= 15 is 0 Å². The fourth-order valence-corrected chi connectivity index (χ4v) is 3.64. The number of fused-ring (bicyclic) bond motifs is 1. The molecule has 0 saturated carbocycles. The lowest BCUT2D eigenvalue weighted by Gasteiger charge is -2.26. The molecule has 0 radical (unpaired) electrons. The van der Waals surface area contributed by atoms with Gasteiger partial charge in [0.1, 0.15) is 5.82 Å². The van der Waals surface area contributed by atoms with E-state index in [4.69, 9.17) is 0 Å². The minimum absolute atomic E-state index is 0.0530. The summed E-state index contributed by atoms with van der Waals surface area (Å²) in [5.41, 5.74) is 1.35. The quantitative estimate of drug-likeness (QED) is 0.428. The molecule has 0 saturated heterocycles. The molecule has 1 amide bonds. The van der Waals surface area contributed by atoms with Crippen molar-refractivity contribution in [3.8, 4) is 0 Å². The van der Waals surface area contributed by atoms with E-state index in [1.165, 1.54) is 0 Å². The molecule has 1 atom stereocenters.